The van der Waals surface area contributed by atoms with E-state index in [4.69, 9.17) is 9.47 Å². The second-order valence-electron chi connectivity index (χ2n) is 7.79. The number of ether oxygens (including phenoxy) is 2. The Bertz CT molecular complexity index is 1080. The predicted octanol–water partition coefficient (Wildman–Crippen LogP) is 4.18. The summed E-state index contributed by atoms with van der Waals surface area (Å²) < 4.78 is 13.1. The summed E-state index contributed by atoms with van der Waals surface area (Å²) in [5, 5.41) is 0. The third kappa shape index (κ3) is 3.83. The molecule has 156 valence electrons. The van der Waals surface area contributed by atoms with E-state index < -0.39 is 0 Å². The van der Waals surface area contributed by atoms with E-state index in [2.05, 4.69) is 33.1 Å². The van der Waals surface area contributed by atoms with Crippen molar-refractivity contribution in [3.8, 4) is 11.1 Å². The molecule has 1 aliphatic heterocycles. The first kappa shape index (κ1) is 20.2. The van der Waals surface area contributed by atoms with Crippen molar-refractivity contribution in [1.29, 1.82) is 0 Å². The zero-order valence-electron chi connectivity index (χ0n) is 17.7. The van der Waals surface area contributed by atoms with Gasteiger partial charge in [-0.2, -0.15) is 0 Å². The Hall–Kier alpha value is -3.12. The van der Waals surface area contributed by atoms with Crippen LogP contribution in [0.3, 0.4) is 0 Å². The number of fused-ring (bicyclic) bond motifs is 1. The standard InChI is InChI=1S/C24H27N3O3/c1-16(2)30-24(28)22-14-21-13-20(19-5-7-25-8-6-19)15-27(21)23(17(22)3)18(4)26-9-11-29-12-10-26/h5-8,13-16H,4,9-12H2,1-3H3. The molecule has 4 heterocycles. The van der Waals surface area contributed by atoms with E-state index in [1.807, 2.05) is 39.0 Å². The molecule has 6 nitrogen and oxygen atoms in total. The number of aromatic nitrogens is 2. The van der Waals surface area contributed by atoms with Crippen molar-refractivity contribution in [2.24, 2.45) is 0 Å². The van der Waals surface area contributed by atoms with Crippen LogP contribution in [-0.4, -0.2) is 52.7 Å². The van der Waals surface area contributed by atoms with Crippen molar-refractivity contribution < 1.29 is 14.3 Å². The Kier molecular flexibility index (Phi) is 5.59. The van der Waals surface area contributed by atoms with Gasteiger partial charge in [0, 0.05) is 42.8 Å². The molecule has 0 atom stereocenters. The van der Waals surface area contributed by atoms with Crippen molar-refractivity contribution in [2.75, 3.05) is 26.3 Å². The Morgan fingerprint density at radius 1 is 1.17 bits per heavy atom. The summed E-state index contributed by atoms with van der Waals surface area (Å²) in [4.78, 5) is 19.2. The van der Waals surface area contributed by atoms with Crippen LogP contribution in [0, 0.1) is 6.92 Å². The topological polar surface area (TPSA) is 56.1 Å². The van der Waals surface area contributed by atoms with Crippen LogP contribution in [0.2, 0.25) is 0 Å². The summed E-state index contributed by atoms with van der Waals surface area (Å²) in [7, 11) is 0. The normalized spacial score (nSPS) is 14.3. The highest BCUT2D eigenvalue weighted by molar-refractivity contribution is 5.94. The number of nitrogens with zero attached hydrogens (tertiary/aromatic N) is 3. The van der Waals surface area contributed by atoms with E-state index >= 15 is 0 Å². The lowest BCUT2D eigenvalue weighted by Crippen LogP contribution is -2.35. The van der Waals surface area contributed by atoms with Gasteiger partial charge in [-0.05, 0) is 56.2 Å². The van der Waals surface area contributed by atoms with Crippen molar-refractivity contribution >= 4 is 17.2 Å². The molecule has 0 bridgehead atoms. The van der Waals surface area contributed by atoms with Gasteiger partial charge in [-0.25, -0.2) is 4.79 Å². The Labute approximate surface area is 176 Å². The molecule has 3 aromatic rings. The Balaban J connectivity index is 1.88. The van der Waals surface area contributed by atoms with E-state index in [1.165, 1.54) is 0 Å². The van der Waals surface area contributed by atoms with Crippen molar-refractivity contribution in [3.63, 3.8) is 0 Å². The maximum atomic E-state index is 12.8. The van der Waals surface area contributed by atoms with Crippen LogP contribution < -0.4 is 0 Å². The summed E-state index contributed by atoms with van der Waals surface area (Å²) in [5.41, 5.74) is 6.29. The highest BCUT2D eigenvalue weighted by Crippen LogP contribution is 2.31. The number of esters is 1. The number of pyridine rings is 2. The minimum absolute atomic E-state index is 0.182. The number of rotatable bonds is 5. The first-order chi connectivity index (χ1) is 14.5. The first-order valence-electron chi connectivity index (χ1n) is 10.2. The van der Waals surface area contributed by atoms with Crippen LogP contribution in [-0.2, 0) is 9.47 Å². The van der Waals surface area contributed by atoms with Gasteiger partial charge in [0.1, 0.15) is 0 Å². The summed E-state index contributed by atoms with van der Waals surface area (Å²) in [6.07, 6.45) is 5.47. The van der Waals surface area contributed by atoms with Crippen LogP contribution in [0.1, 0.15) is 35.5 Å². The molecule has 6 heteroatoms. The number of carbonyl (C=O) groups is 1. The van der Waals surface area contributed by atoms with Crippen LogP contribution in [0.15, 0.2) is 49.4 Å². The Morgan fingerprint density at radius 2 is 1.87 bits per heavy atom. The largest absolute Gasteiger partial charge is 0.459 e. The molecule has 0 spiro atoms. The summed E-state index contributed by atoms with van der Waals surface area (Å²) in [6.45, 7) is 13.0. The average Bonchev–Trinajstić information content (AvgIpc) is 3.17. The van der Waals surface area contributed by atoms with E-state index in [1.54, 1.807) is 12.4 Å². The number of carbonyl (C=O) groups excluding carboxylic acids is 1. The maximum absolute atomic E-state index is 12.8. The van der Waals surface area contributed by atoms with Gasteiger partial charge in [0.2, 0.25) is 0 Å². The fourth-order valence-electron chi connectivity index (χ4n) is 3.88. The molecule has 0 N–H and O–H groups in total. The zero-order chi connectivity index (χ0) is 21.3. The van der Waals surface area contributed by atoms with Crippen molar-refractivity contribution in [3.05, 3.63) is 66.3 Å². The van der Waals surface area contributed by atoms with Crippen LogP contribution in [0.4, 0.5) is 0 Å². The quantitative estimate of drug-likeness (QED) is 0.596. The van der Waals surface area contributed by atoms with Crippen molar-refractivity contribution in [2.45, 2.75) is 26.9 Å². The van der Waals surface area contributed by atoms with Gasteiger partial charge in [-0.3, -0.25) is 4.98 Å². The molecule has 0 aliphatic carbocycles. The average molecular weight is 405 g/mol. The zero-order valence-corrected chi connectivity index (χ0v) is 17.7. The summed E-state index contributed by atoms with van der Waals surface area (Å²) in [6, 6.07) is 7.94. The molecule has 0 unspecified atom stereocenters. The van der Waals surface area contributed by atoms with Crippen LogP contribution >= 0.6 is 0 Å². The third-order valence-electron chi connectivity index (χ3n) is 5.38. The molecular formula is C24H27N3O3. The highest BCUT2D eigenvalue weighted by atomic mass is 16.5. The molecule has 0 radical (unpaired) electrons. The summed E-state index contributed by atoms with van der Waals surface area (Å²) >= 11 is 0. The third-order valence-corrected chi connectivity index (χ3v) is 5.38. The molecule has 0 saturated carbocycles. The van der Waals surface area contributed by atoms with Gasteiger partial charge < -0.3 is 18.8 Å². The van der Waals surface area contributed by atoms with E-state index in [0.29, 0.717) is 18.8 Å². The van der Waals surface area contributed by atoms with Gasteiger partial charge in [0.05, 0.1) is 36.3 Å². The molecule has 0 amide bonds. The monoisotopic (exact) mass is 405 g/mol. The van der Waals surface area contributed by atoms with Crippen molar-refractivity contribution in [1.82, 2.24) is 14.3 Å². The second kappa shape index (κ2) is 8.32. The number of morpholine rings is 1. The van der Waals surface area contributed by atoms with Crippen LogP contribution in [0.25, 0.3) is 22.3 Å². The van der Waals surface area contributed by atoms with Gasteiger partial charge >= 0.3 is 5.97 Å². The number of hydrogen-bond acceptors (Lipinski definition) is 5. The summed E-state index contributed by atoms with van der Waals surface area (Å²) in [5.74, 6) is -0.312. The Morgan fingerprint density at radius 3 is 2.53 bits per heavy atom. The second-order valence-corrected chi connectivity index (χ2v) is 7.79. The lowest BCUT2D eigenvalue weighted by Gasteiger charge is -2.31. The molecule has 1 fully saturated rings. The van der Waals surface area contributed by atoms with Gasteiger partial charge in [0.25, 0.3) is 0 Å². The van der Waals surface area contributed by atoms with Gasteiger partial charge in [-0.15, -0.1) is 0 Å². The van der Waals surface area contributed by atoms with E-state index in [9.17, 15) is 4.79 Å². The molecule has 4 rings (SSSR count). The van der Waals surface area contributed by atoms with E-state index in [0.717, 1.165) is 46.7 Å². The first-order valence-corrected chi connectivity index (χ1v) is 10.2. The van der Waals surface area contributed by atoms with Crippen LogP contribution in [0.5, 0.6) is 0 Å². The maximum Gasteiger partial charge on any atom is 0.338 e. The highest BCUT2D eigenvalue weighted by Gasteiger charge is 2.23. The van der Waals surface area contributed by atoms with Gasteiger partial charge in [-0.1, -0.05) is 6.58 Å². The lowest BCUT2D eigenvalue weighted by molar-refractivity contribution is 0.0377. The minimum atomic E-state index is -0.312. The predicted molar refractivity (Wildman–Crippen MR) is 117 cm³/mol. The molecule has 1 aliphatic rings. The fourth-order valence-corrected chi connectivity index (χ4v) is 3.88. The fraction of sp³-hybridized carbons (Fsp3) is 0.333. The molecule has 30 heavy (non-hydrogen) atoms. The smallest absolute Gasteiger partial charge is 0.338 e. The molecule has 3 aromatic heterocycles. The SMILES string of the molecule is C=C(c1c(C)c(C(=O)OC(C)C)cc2cc(-c3ccncc3)cn12)N1CCOCC1. The number of hydrogen-bond donors (Lipinski definition) is 0. The van der Waals surface area contributed by atoms with E-state index in [-0.39, 0.29) is 12.1 Å². The molecule has 1 saturated heterocycles. The molecular weight excluding hydrogens is 378 g/mol. The molecule has 0 aromatic carbocycles. The lowest BCUT2D eigenvalue weighted by atomic mass is 10.0. The van der Waals surface area contributed by atoms with Gasteiger partial charge in [0.15, 0.2) is 0 Å². The minimum Gasteiger partial charge on any atom is -0.459 e.